The molecule has 1 aromatic carbocycles. The molecule has 1 aliphatic carbocycles. The summed E-state index contributed by atoms with van der Waals surface area (Å²) in [5.41, 5.74) is -1.76. The highest BCUT2D eigenvalue weighted by Gasteiger charge is 2.65. The lowest BCUT2D eigenvalue weighted by molar-refractivity contribution is -0.000219. The van der Waals surface area contributed by atoms with Gasteiger partial charge in [0.2, 0.25) is 0 Å². The molecular weight excluding hydrogens is 492 g/mol. The van der Waals surface area contributed by atoms with Crippen molar-refractivity contribution in [3.8, 4) is 5.75 Å². The summed E-state index contributed by atoms with van der Waals surface area (Å²) in [7, 11) is 0. The highest BCUT2D eigenvalue weighted by atomic mass is 79.9. The molecule has 1 atom stereocenters. The Morgan fingerprint density at radius 1 is 1.03 bits per heavy atom. The van der Waals surface area contributed by atoms with Crippen LogP contribution in [0, 0.1) is 5.41 Å². The van der Waals surface area contributed by atoms with Crippen LogP contribution in [0.15, 0.2) is 27.7 Å². The molecular formula is C24H31BrN2O6. The standard InChI is InChI=1S/C24H31BrN2O6/c1-21(2,3)32-19(28)27(20(29)33-22(4,5)6)18-12-30-14-24(26-18)16-11-15(25)7-8-17(16)31-13-23(24)9-10-23/h7-8,11H,9-10,12-14H2,1-6H3. The van der Waals surface area contributed by atoms with Crippen molar-refractivity contribution in [3.05, 3.63) is 28.2 Å². The molecule has 1 saturated carbocycles. The van der Waals surface area contributed by atoms with Crippen LogP contribution in [0.2, 0.25) is 0 Å². The highest BCUT2D eigenvalue weighted by molar-refractivity contribution is 9.10. The van der Waals surface area contributed by atoms with E-state index in [0.29, 0.717) is 13.2 Å². The van der Waals surface area contributed by atoms with Crippen LogP contribution in [0.3, 0.4) is 0 Å². The van der Waals surface area contributed by atoms with Gasteiger partial charge in [-0.05, 0) is 72.6 Å². The number of amides is 2. The summed E-state index contributed by atoms with van der Waals surface area (Å²) in [5, 5.41) is 0. The number of carbonyl (C=O) groups excluding carboxylic acids is 2. The Bertz CT molecular complexity index is 977. The topological polar surface area (TPSA) is 86.7 Å². The van der Waals surface area contributed by atoms with Gasteiger partial charge in [-0.2, -0.15) is 4.90 Å². The monoisotopic (exact) mass is 522 g/mol. The van der Waals surface area contributed by atoms with E-state index in [1.54, 1.807) is 41.5 Å². The second-order valence-corrected chi connectivity index (χ2v) is 11.8. The molecule has 33 heavy (non-hydrogen) atoms. The zero-order chi connectivity index (χ0) is 24.2. The SMILES string of the molecule is CC(C)(C)OC(=O)N(C(=O)OC(C)(C)C)C1=NC2(COC1)c1cc(Br)ccc1OCC21CC1. The van der Waals surface area contributed by atoms with E-state index in [-0.39, 0.29) is 17.9 Å². The summed E-state index contributed by atoms with van der Waals surface area (Å²) in [4.78, 5) is 32.3. The van der Waals surface area contributed by atoms with E-state index in [2.05, 4.69) is 15.9 Å². The summed E-state index contributed by atoms with van der Waals surface area (Å²) >= 11 is 3.55. The van der Waals surface area contributed by atoms with E-state index in [4.69, 9.17) is 23.9 Å². The average molecular weight is 523 g/mol. The van der Waals surface area contributed by atoms with Gasteiger partial charge in [0.15, 0.2) is 0 Å². The number of amidine groups is 1. The van der Waals surface area contributed by atoms with Crippen molar-refractivity contribution in [2.75, 3.05) is 19.8 Å². The molecule has 0 N–H and O–H groups in total. The Kier molecular flexibility index (Phi) is 5.80. The molecule has 0 radical (unpaired) electrons. The number of imide groups is 1. The van der Waals surface area contributed by atoms with Crippen LogP contribution in [-0.4, -0.2) is 53.9 Å². The summed E-state index contributed by atoms with van der Waals surface area (Å²) < 4.78 is 24.1. The molecule has 2 amide bonds. The minimum absolute atomic E-state index is 0.0134. The molecule has 0 saturated heterocycles. The van der Waals surface area contributed by atoms with Crippen molar-refractivity contribution in [1.29, 1.82) is 0 Å². The van der Waals surface area contributed by atoms with Gasteiger partial charge in [0.05, 0.1) is 13.2 Å². The molecule has 2 aliphatic heterocycles. The van der Waals surface area contributed by atoms with Crippen LogP contribution >= 0.6 is 15.9 Å². The van der Waals surface area contributed by atoms with Crippen LogP contribution in [0.5, 0.6) is 5.75 Å². The number of hydrogen-bond acceptors (Lipinski definition) is 7. The van der Waals surface area contributed by atoms with Crippen LogP contribution in [0.4, 0.5) is 9.59 Å². The van der Waals surface area contributed by atoms with Crippen molar-refractivity contribution in [2.24, 2.45) is 10.4 Å². The first-order valence-corrected chi connectivity index (χ1v) is 11.9. The third-order valence-electron chi connectivity index (χ3n) is 5.89. The number of fused-ring (bicyclic) bond motifs is 3. The predicted octanol–water partition coefficient (Wildman–Crippen LogP) is 5.42. The van der Waals surface area contributed by atoms with Crippen molar-refractivity contribution in [2.45, 2.75) is 71.1 Å². The number of halogens is 1. The van der Waals surface area contributed by atoms with E-state index < -0.39 is 28.9 Å². The zero-order valence-corrected chi connectivity index (χ0v) is 21.6. The molecule has 0 aromatic heterocycles. The minimum Gasteiger partial charge on any atom is -0.493 e. The first kappa shape index (κ1) is 24.0. The zero-order valence-electron chi connectivity index (χ0n) is 20.0. The largest absolute Gasteiger partial charge is 0.493 e. The molecule has 2 heterocycles. The van der Waals surface area contributed by atoms with Crippen LogP contribution in [-0.2, 0) is 19.7 Å². The average Bonchev–Trinajstić information content (AvgIpc) is 3.44. The van der Waals surface area contributed by atoms with Gasteiger partial charge in [-0.1, -0.05) is 15.9 Å². The predicted molar refractivity (Wildman–Crippen MR) is 126 cm³/mol. The smallest absolute Gasteiger partial charge is 0.425 e. The number of hydrogen-bond donors (Lipinski definition) is 0. The number of ether oxygens (including phenoxy) is 4. The minimum atomic E-state index is -0.845. The van der Waals surface area contributed by atoms with Gasteiger partial charge in [0.1, 0.15) is 34.9 Å². The van der Waals surface area contributed by atoms with Gasteiger partial charge in [-0.3, -0.25) is 4.99 Å². The Morgan fingerprint density at radius 3 is 2.18 bits per heavy atom. The first-order valence-electron chi connectivity index (χ1n) is 11.1. The molecule has 8 nitrogen and oxygen atoms in total. The molecule has 0 bridgehead atoms. The van der Waals surface area contributed by atoms with E-state index in [0.717, 1.165) is 33.5 Å². The summed E-state index contributed by atoms with van der Waals surface area (Å²) in [6.45, 7) is 11.3. The third-order valence-corrected chi connectivity index (χ3v) is 6.39. The fourth-order valence-electron chi connectivity index (χ4n) is 4.28. The lowest BCUT2D eigenvalue weighted by Gasteiger charge is -2.45. The first-order chi connectivity index (χ1) is 15.3. The summed E-state index contributed by atoms with van der Waals surface area (Å²) in [5.74, 6) is 0.897. The van der Waals surface area contributed by atoms with Gasteiger partial charge < -0.3 is 18.9 Å². The van der Waals surface area contributed by atoms with Gasteiger partial charge in [-0.25, -0.2) is 9.59 Å². The van der Waals surface area contributed by atoms with E-state index in [9.17, 15) is 9.59 Å². The number of benzene rings is 1. The van der Waals surface area contributed by atoms with E-state index in [1.807, 2.05) is 18.2 Å². The molecule has 1 fully saturated rings. The molecule has 180 valence electrons. The van der Waals surface area contributed by atoms with Crippen LogP contribution in [0.1, 0.15) is 59.9 Å². The second-order valence-electron chi connectivity index (χ2n) is 10.9. The number of aliphatic imine (C=N–C) groups is 1. The van der Waals surface area contributed by atoms with Gasteiger partial charge in [-0.15, -0.1) is 0 Å². The summed E-state index contributed by atoms with van der Waals surface area (Å²) in [6, 6.07) is 5.80. The quantitative estimate of drug-likeness (QED) is 0.452. The van der Waals surface area contributed by atoms with E-state index >= 15 is 0 Å². The molecule has 3 aliphatic rings. The van der Waals surface area contributed by atoms with Crippen molar-refractivity contribution >= 4 is 34.0 Å². The maximum Gasteiger partial charge on any atom is 0.425 e. The Morgan fingerprint density at radius 2 is 1.64 bits per heavy atom. The Hall–Kier alpha value is -2.13. The van der Waals surface area contributed by atoms with Gasteiger partial charge >= 0.3 is 12.2 Å². The lowest BCUT2D eigenvalue weighted by Crippen LogP contribution is -2.55. The molecule has 1 aromatic rings. The molecule has 2 spiro atoms. The summed E-state index contributed by atoms with van der Waals surface area (Å²) in [6.07, 6.45) is 0.140. The number of rotatable bonds is 0. The fraction of sp³-hybridized carbons (Fsp3) is 0.625. The van der Waals surface area contributed by atoms with Crippen molar-refractivity contribution < 1.29 is 28.5 Å². The van der Waals surface area contributed by atoms with Crippen LogP contribution in [0.25, 0.3) is 0 Å². The Labute approximate surface area is 202 Å². The Balaban J connectivity index is 1.82. The normalized spacial score (nSPS) is 23.3. The maximum absolute atomic E-state index is 13.2. The van der Waals surface area contributed by atoms with Crippen LogP contribution < -0.4 is 4.74 Å². The van der Waals surface area contributed by atoms with Gasteiger partial charge in [0, 0.05) is 15.5 Å². The van der Waals surface area contributed by atoms with E-state index in [1.165, 1.54) is 0 Å². The fourth-order valence-corrected chi connectivity index (χ4v) is 4.64. The van der Waals surface area contributed by atoms with Crippen molar-refractivity contribution in [1.82, 2.24) is 4.90 Å². The maximum atomic E-state index is 13.2. The van der Waals surface area contributed by atoms with Crippen molar-refractivity contribution in [3.63, 3.8) is 0 Å². The lowest BCUT2D eigenvalue weighted by atomic mass is 9.74. The second kappa shape index (κ2) is 7.98. The number of nitrogens with zero attached hydrogens (tertiary/aromatic N) is 2. The number of carbonyl (C=O) groups is 2. The molecule has 9 heteroatoms. The highest BCUT2D eigenvalue weighted by Crippen LogP contribution is 2.64. The molecule has 1 unspecified atom stereocenters. The third kappa shape index (κ3) is 4.62. The molecule has 4 rings (SSSR count). The van der Waals surface area contributed by atoms with Gasteiger partial charge in [0.25, 0.3) is 0 Å².